The third-order valence-corrected chi connectivity index (χ3v) is 7.75. The van der Waals surface area contributed by atoms with Gasteiger partial charge in [0.15, 0.2) is 0 Å². The first-order valence-corrected chi connectivity index (χ1v) is 23.4. The molecule has 0 unspecified atom stereocenters. The van der Waals surface area contributed by atoms with Crippen LogP contribution in [0.1, 0.15) is 16.7 Å². The van der Waals surface area contributed by atoms with E-state index in [2.05, 4.69) is 171 Å². The van der Waals surface area contributed by atoms with Crippen LogP contribution in [-0.4, -0.2) is 24.2 Å². The molecule has 0 bridgehead atoms. The van der Waals surface area contributed by atoms with E-state index in [0.29, 0.717) is 0 Å². The Kier molecular flexibility index (Phi) is 8.78. The van der Waals surface area contributed by atoms with Crippen molar-refractivity contribution in [3.63, 3.8) is 0 Å². The van der Waals surface area contributed by atoms with Crippen LogP contribution in [0, 0.1) is 34.4 Å². The fraction of sp³-hybridized carbons (Fsp3) is 0.273. The van der Waals surface area contributed by atoms with E-state index >= 15 is 0 Å². The molecule has 0 fully saturated rings. The van der Waals surface area contributed by atoms with Crippen LogP contribution in [0.25, 0.3) is 0 Å². The molecule has 0 amide bonds. The van der Waals surface area contributed by atoms with Gasteiger partial charge in [-0.05, 0) is 72.8 Å². The Hall–Kier alpha value is -3.21. The topological polar surface area (TPSA) is 3.24 Å². The summed E-state index contributed by atoms with van der Waals surface area (Å²) in [4.78, 5) is 2.28. The lowest BCUT2D eigenvalue weighted by Gasteiger charge is -2.25. The highest BCUT2D eigenvalue weighted by Crippen LogP contribution is 2.34. The normalized spacial score (nSPS) is 11.3. The van der Waals surface area contributed by atoms with E-state index in [1.807, 2.05) is 0 Å². The molecule has 188 valence electrons. The van der Waals surface area contributed by atoms with E-state index in [-0.39, 0.29) is 0 Å². The highest BCUT2D eigenvalue weighted by Gasteiger charge is 2.14. The van der Waals surface area contributed by atoms with E-state index in [4.69, 9.17) is 0 Å². The molecule has 0 spiro atoms. The average molecular weight is 534 g/mol. The molecule has 3 rings (SSSR count). The van der Waals surface area contributed by atoms with Crippen molar-refractivity contribution in [1.29, 1.82) is 0 Å². The first-order chi connectivity index (χ1) is 17.2. The highest BCUT2D eigenvalue weighted by atomic mass is 28.3. The molecule has 3 aromatic rings. The SMILES string of the molecule is C[Si](C)(C)C#Cc1ccc(N(c2ccc(C#C[Si](C)(C)C)cc2)c2ccc(C#C[Si](C)(C)C)cc2)cc1. The molecule has 37 heavy (non-hydrogen) atoms. The van der Waals surface area contributed by atoms with Gasteiger partial charge in [-0.1, -0.05) is 76.7 Å². The predicted molar refractivity (Wildman–Crippen MR) is 172 cm³/mol. The van der Waals surface area contributed by atoms with Crippen LogP contribution in [0.15, 0.2) is 72.8 Å². The smallest absolute Gasteiger partial charge is 0.129 e. The first-order valence-electron chi connectivity index (χ1n) is 12.9. The average Bonchev–Trinajstić information content (AvgIpc) is 2.81. The third-order valence-electron chi connectivity index (χ3n) is 5.12. The Bertz CT molecular complexity index is 1220. The van der Waals surface area contributed by atoms with Crippen molar-refractivity contribution in [2.45, 2.75) is 58.9 Å². The van der Waals surface area contributed by atoms with Crippen molar-refractivity contribution in [2.75, 3.05) is 4.90 Å². The van der Waals surface area contributed by atoms with Gasteiger partial charge in [0.25, 0.3) is 0 Å². The summed E-state index contributed by atoms with van der Waals surface area (Å²) in [6.07, 6.45) is 0. The second-order valence-electron chi connectivity index (χ2n) is 12.5. The van der Waals surface area contributed by atoms with Crippen LogP contribution in [0.4, 0.5) is 17.1 Å². The molecule has 0 atom stereocenters. The minimum atomic E-state index is -1.42. The standard InChI is InChI=1S/C33H39NSi3/c1-35(2,3)25-22-28-10-16-31(17-11-28)34(32-18-12-29(13-19-32)23-26-36(4,5)6)33-20-14-30(15-21-33)24-27-37(7,8)9/h10-21H,1-9H3. The van der Waals surface area contributed by atoms with E-state index < -0.39 is 24.2 Å². The maximum Gasteiger partial charge on any atom is 0.129 e. The van der Waals surface area contributed by atoms with Crippen LogP contribution in [0.5, 0.6) is 0 Å². The lowest BCUT2D eigenvalue weighted by molar-refractivity contribution is 1.28. The van der Waals surface area contributed by atoms with Gasteiger partial charge in [-0.15, -0.1) is 16.6 Å². The lowest BCUT2D eigenvalue weighted by atomic mass is 10.1. The zero-order valence-electron chi connectivity index (χ0n) is 23.9. The van der Waals surface area contributed by atoms with Gasteiger partial charge >= 0.3 is 0 Å². The maximum atomic E-state index is 3.46. The Balaban J connectivity index is 2.01. The maximum absolute atomic E-state index is 3.46. The Labute approximate surface area is 228 Å². The zero-order chi connectivity index (χ0) is 27.3. The number of rotatable bonds is 3. The molecule has 0 aromatic heterocycles. The molecule has 0 heterocycles. The molecule has 0 aliphatic heterocycles. The minimum Gasteiger partial charge on any atom is -0.311 e. The Morgan fingerprint density at radius 3 is 0.784 bits per heavy atom. The van der Waals surface area contributed by atoms with Crippen molar-refractivity contribution in [3.8, 4) is 34.4 Å². The summed E-state index contributed by atoms with van der Waals surface area (Å²) >= 11 is 0. The largest absolute Gasteiger partial charge is 0.311 e. The molecular weight excluding hydrogens is 495 g/mol. The summed E-state index contributed by atoms with van der Waals surface area (Å²) in [5.41, 5.74) is 16.8. The molecule has 1 nitrogen and oxygen atoms in total. The number of anilines is 3. The number of benzene rings is 3. The van der Waals surface area contributed by atoms with Gasteiger partial charge in [-0.3, -0.25) is 0 Å². The van der Waals surface area contributed by atoms with Gasteiger partial charge in [0.05, 0.1) is 0 Å². The Morgan fingerprint density at radius 2 is 0.595 bits per heavy atom. The van der Waals surface area contributed by atoms with Gasteiger partial charge in [-0.2, -0.15) is 0 Å². The van der Waals surface area contributed by atoms with Crippen LogP contribution in [-0.2, 0) is 0 Å². The van der Waals surface area contributed by atoms with E-state index in [0.717, 1.165) is 33.8 Å². The van der Waals surface area contributed by atoms with Gasteiger partial charge < -0.3 is 4.90 Å². The number of hydrogen-bond acceptors (Lipinski definition) is 1. The second kappa shape index (κ2) is 11.5. The molecule has 0 radical (unpaired) electrons. The predicted octanol–water partition coefficient (Wildman–Crippen LogP) is 8.84. The quantitative estimate of drug-likeness (QED) is 0.240. The summed E-state index contributed by atoms with van der Waals surface area (Å²) in [7, 11) is -4.25. The molecule has 0 N–H and O–H groups in total. The van der Waals surface area contributed by atoms with Gasteiger partial charge in [0.1, 0.15) is 24.2 Å². The van der Waals surface area contributed by atoms with Crippen molar-refractivity contribution >= 4 is 41.3 Å². The molecule has 0 aliphatic rings. The van der Waals surface area contributed by atoms with Crippen LogP contribution < -0.4 is 4.90 Å². The minimum absolute atomic E-state index is 1.06. The monoisotopic (exact) mass is 533 g/mol. The molecule has 3 aromatic carbocycles. The van der Waals surface area contributed by atoms with E-state index in [9.17, 15) is 0 Å². The van der Waals surface area contributed by atoms with Crippen molar-refractivity contribution in [3.05, 3.63) is 89.5 Å². The third kappa shape index (κ3) is 9.64. The summed E-state index contributed by atoms with van der Waals surface area (Å²) in [6, 6.07) is 25.7. The van der Waals surface area contributed by atoms with Crippen molar-refractivity contribution < 1.29 is 0 Å². The fourth-order valence-electron chi connectivity index (χ4n) is 3.31. The lowest BCUT2D eigenvalue weighted by Crippen LogP contribution is -2.16. The van der Waals surface area contributed by atoms with Crippen molar-refractivity contribution in [1.82, 2.24) is 0 Å². The summed E-state index contributed by atoms with van der Waals surface area (Å²) in [5.74, 6) is 10.1. The molecule has 0 aliphatic carbocycles. The van der Waals surface area contributed by atoms with Gasteiger partial charge in [-0.25, -0.2) is 0 Å². The summed E-state index contributed by atoms with van der Waals surface area (Å²) in [6.45, 7) is 20.4. The Morgan fingerprint density at radius 1 is 0.378 bits per heavy atom. The number of hydrogen-bond donors (Lipinski definition) is 0. The van der Waals surface area contributed by atoms with Crippen LogP contribution in [0.3, 0.4) is 0 Å². The van der Waals surface area contributed by atoms with Gasteiger partial charge in [0.2, 0.25) is 0 Å². The van der Waals surface area contributed by atoms with E-state index in [1.165, 1.54) is 0 Å². The van der Waals surface area contributed by atoms with Crippen LogP contribution >= 0.6 is 0 Å². The molecule has 4 heteroatoms. The summed E-state index contributed by atoms with van der Waals surface area (Å²) < 4.78 is 0. The van der Waals surface area contributed by atoms with Crippen LogP contribution in [0.2, 0.25) is 58.9 Å². The molecular formula is C33H39NSi3. The van der Waals surface area contributed by atoms with E-state index in [1.54, 1.807) is 0 Å². The summed E-state index contributed by atoms with van der Waals surface area (Å²) in [5, 5.41) is 0. The molecule has 0 saturated heterocycles. The van der Waals surface area contributed by atoms with Gasteiger partial charge in [0, 0.05) is 33.8 Å². The second-order valence-corrected chi connectivity index (χ2v) is 26.7. The number of nitrogens with zero attached hydrogens (tertiary/aromatic N) is 1. The first kappa shape index (κ1) is 28.4. The fourth-order valence-corrected chi connectivity index (χ4v) is 4.87. The van der Waals surface area contributed by atoms with Crippen molar-refractivity contribution in [2.24, 2.45) is 0 Å². The zero-order valence-corrected chi connectivity index (χ0v) is 26.9. The molecule has 0 saturated carbocycles. The highest BCUT2D eigenvalue weighted by molar-refractivity contribution is 6.84.